The Bertz CT molecular complexity index is 598. The van der Waals surface area contributed by atoms with Crippen molar-refractivity contribution in [3.63, 3.8) is 0 Å². The fourth-order valence-electron chi connectivity index (χ4n) is 2.30. The van der Waals surface area contributed by atoms with Crippen LogP contribution in [0.25, 0.3) is 0 Å². The van der Waals surface area contributed by atoms with Gasteiger partial charge in [0.1, 0.15) is 17.3 Å². The molecule has 3 nitrogen and oxygen atoms in total. The van der Waals surface area contributed by atoms with Gasteiger partial charge in [-0.25, -0.2) is 0 Å². The van der Waals surface area contributed by atoms with Gasteiger partial charge in [0.25, 0.3) is 0 Å². The minimum Gasteiger partial charge on any atom is -0.481 e. The Kier molecular flexibility index (Phi) is 5.12. The normalized spacial score (nSPS) is 14.0. The second-order valence-corrected chi connectivity index (χ2v) is 6.22. The van der Waals surface area contributed by atoms with Gasteiger partial charge in [-0.2, -0.15) is 0 Å². The van der Waals surface area contributed by atoms with Gasteiger partial charge in [-0.15, -0.1) is 0 Å². The second kappa shape index (κ2) is 6.67. The average molecular weight is 352 g/mol. The molecule has 0 bridgehead atoms. The minimum absolute atomic E-state index is 0.111. The molecule has 0 aliphatic rings. The molecule has 0 saturated heterocycles. The largest absolute Gasteiger partial charge is 0.481 e. The zero-order valence-corrected chi connectivity index (χ0v) is 14.5. The van der Waals surface area contributed by atoms with Gasteiger partial charge >= 0.3 is 0 Å². The molecule has 1 aromatic heterocycles. The Hall–Kier alpha value is -1.26. The van der Waals surface area contributed by atoms with Crippen LogP contribution in [0.15, 0.2) is 33.2 Å². The third-order valence-electron chi connectivity index (χ3n) is 3.57. The van der Waals surface area contributed by atoms with Crippen molar-refractivity contribution in [3.8, 4) is 5.75 Å². The lowest BCUT2D eigenvalue weighted by Gasteiger charge is -2.23. The average Bonchev–Trinajstić information content (AvgIpc) is 2.87. The fourth-order valence-corrected chi connectivity index (χ4v) is 2.53. The van der Waals surface area contributed by atoms with E-state index < -0.39 is 0 Å². The number of rotatable bonds is 5. The zero-order chi connectivity index (χ0) is 15.6. The van der Waals surface area contributed by atoms with Crippen LogP contribution in [0, 0.1) is 20.8 Å². The highest BCUT2D eigenvalue weighted by atomic mass is 79.9. The molecule has 0 aliphatic heterocycles. The van der Waals surface area contributed by atoms with E-state index in [-0.39, 0.29) is 12.1 Å². The summed E-state index contributed by atoms with van der Waals surface area (Å²) < 4.78 is 13.0. The highest BCUT2D eigenvalue weighted by molar-refractivity contribution is 9.10. The van der Waals surface area contributed by atoms with Gasteiger partial charge in [0.15, 0.2) is 6.10 Å². The molecular formula is C17H22BrNO2. The lowest BCUT2D eigenvalue weighted by molar-refractivity contribution is 0.143. The molecule has 0 fully saturated rings. The molecule has 0 spiro atoms. The first-order chi connectivity index (χ1) is 9.92. The molecule has 0 saturated carbocycles. The zero-order valence-electron chi connectivity index (χ0n) is 12.9. The van der Waals surface area contributed by atoms with Crippen LogP contribution in [0.2, 0.25) is 0 Å². The van der Waals surface area contributed by atoms with Crippen molar-refractivity contribution < 1.29 is 9.15 Å². The molecule has 0 aliphatic carbocycles. The molecule has 0 radical (unpaired) electrons. The van der Waals surface area contributed by atoms with Crippen molar-refractivity contribution in [2.24, 2.45) is 5.73 Å². The van der Waals surface area contributed by atoms with E-state index in [1.807, 2.05) is 31.2 Å². The van der Waals surface area contributed by atoms with Crippen molar-refractivity contribution in [1.29, 1.82) is 0 Å². The number of benzene rings is 1. The topological polar surface area (TPSA) is 48.4 Å². The van der Waals surface area contributed by atoms with Crippen molar-refractivity contribution in [3.05, 3.63) is 51.4 Å². The van der Waals surface area contributed by atoms with Crippen LogP contribution < -0.4 is 10.5 Å². The maximum Gasteiger partial charge on any atom is 0.171 e. The minimum atomic E-state index is -0.274. The summed E-state index contributed by atoms with van der Waals surface area (Å²) in [6.45, 7) is 8.08. The molecule has 2 aromatic rings. The SMILES string of the molecule is CCC(N)C(Oc1cc(C)c(Br)c(C)c1)c1ccc(C)o1. The van der Waals surface area contributed by atoms with Crippen LogP contribution in [0.1, 0.15) is 42.1 Å². The van der Waals surface area contributed by atoms with Crippen LogP contribution >= 0.6 is 15.9 Å². The number of furan rings is 1. The first kappa shape index (κ1) is 16.1. The maximum atomic E-state index is 6.22. The molecule has 114 valence electrons. The smallest absolute Gasteiger partial charge is 0.171 e. The molecule has 0 amide bonds. The van der Waals surface area contributed by atoms with E-state index >= 15 is 0 Å². The van der Waals surface area contributed by atoms with Gasteiger partial charge in [0, 0.05) is 10.5 Å². The molecule has 21 heavy (non-hydrogen) atoms. The summed E-state index contributed by atoms with van der Waals surface area (Å²) in [5.74, 6) is 2.46. The summed E-state index contributed by atoms with van der Waals surface area (Å²) in [6, 6.07) is 7.80. The van der Waals surface area contributed by atoms with Gasteiger partial charge in [-0.1, -0.05) is 22.9 Å². The van der Waals surface area contributed by atoms with Crippen LogP contribution in [0.4, 0.5) is 0 Å². The third-order valence-corrected chi connectivity index (χ3v) is 4.83. The van der Waals surface area contributed by atoms with Crippen molar-refractivity contribution in [2.75, 3.05) is 0 Å². The molecule has 2 unspecified atom stereocenters. The lowest BCUT2D eigenvalue weighted by atomic mass is 10.1. The lowest BCUT2D eigenvalue weighted by Crippen LogP contribution is -2.31. The van der Waals surface area contributed by atoms with Gasteiger partial charge in [0.2, 0.25) is 0 Å². The maximum absolute atomic E-state index is 6.22. The molecule has 2 N–H and O–H groups in total. The Labute approximate surface area is 134 Å². The summed E-state index contributed by atoms with van der Waals surface area (Å²) in [6.07, 6.45) is 0.544. The predicted octanol–water partition coefficient (Wildman–Crippen LogP) is 4.82. The van der Waals surface area contributed by atoms with E-state index in [9.17, 15) is 0 Å². The molecule has 2 rings (SSSR count). The number of hydrogen-bond donors (Lipinski definition) is 1. The van der Waals surface area contributed by atoms with Crippen molar-refractivity contribution in [1.82, 2.24) is 0 Å². The van der Waals surface area contributed by atoms with E-state index in [0.717, 1.165) is 39.3 Å². The first-order valence-corrected chi connectivity index (χ1v) is 7.97. The Morgan fingerprint density at radius 1 is 1.19 bits per heavy atom. The van der Waals surface area contributed by atoms with E-state index in [4.69, 9.17) is 14.9 Å². The van der Waals surface area contributed by atoms with Crippen molar-refractivity contribution >= 4 is 15.9 Å². The van der Waals surface area contributed by atoms with E-state index in [1.165, 1.54) is 0 Å². The molecule has 4 heteroatoms. The van der Waals surface area contributed by atoms with E-state index in [2.05, 4.69) is 36.7 Å². The summed E-state index contributed by atoms with van der Waals surface area (Å²) in [4.78, 5) is 0. The fraction of sp³-hybridized carbons (Fsp3) is 0.412. The predicted molar refractivity (Wildman–Crippen MR) is 88.7 cm³/mol. The highest BCUT2D eigenvalue weighted by Crippen LogP contribution is 2.31. The van der Waals surface area contributed by atoms with Gasteiger partial charge in [-0.05, 0) is 62.6 Å². The monoisotopic (exact) mass is 351 g/mol. The molecule has 1 aromatic carbocycles. The number of nitrogens with two attached hydrogens (primary N) is 1. The molecule has 2 atom stereocenters. The van der Waals surface area contributed by atoms with Gasteiger partial charge in [-0.3, -0.25) is 0 Å². The summed E-state index contributed by atoms with van der Waals surface area (Å²) in [7, 11) is 0. The second-order valence-electron chi connectivity index (χ2n) is 5.43. The van der Waals surface area contributed by atoms with Crippen molar-refractivity contribution in [2.45, 2.75) is 46.3 Å². The van der Waals surface area contributed by atoms with Crippen LogP contribution in [-0.2, 0) is 0 Å². The summed E-state index contributed by atoms with van der Waals surface area (Å²) in [5.41, 5.74) is 8.50. The van der Waals surface area contributed by atoms with E-state index in [1.54, 1.807) is 0 Å². The highest BCUT2D eigenvalue weighted by Gasteiger charge is 2.24. The Balaban J connectivity index is 2.31. The quantitative estimate of drug-likeness (QED) is 0.839. The van der Waals surface area contributed by atoms with Gasteiger partial charge < -0.3 is 14.9 Å². The van der Waals surface area contributed by atoms with Gasteiger partial charge in [0.05, 0.1) is 0 Å². The van der Waals surface area contributed by atoms with Crippen LogP contribution in [-0.4, -0.2) is 6.04 Å². The number of halogens is 1. The third kappa shape index (κ3) is 3.69. The number of ether oxygens (including phenoxy) is 1. The van der Waals surface area contributed by atoms with Crippen LogP contribution in [0.5, 0.6) is 5.75 Å². The van der Waals surface area contributed by atoms with E-state index in [0.29, 0.717) is 0 Å². The Morgan fingerprint density at radius 3 is 2.29 bits per heavy atom. The Morgan fingerprint density at radius 2 is 1.81 bits per heavy atom. The first-order valence-electron chi connectivity index (χ1n) is 7.17. The molecular weight excluding hydrogens is 330 g/mol. The van der Waals surface area contributed by atoms with Crippen LogP contribution in [0.3, 0.4) is 0 Å². The number of aryl methyl sites for hydroxylation is 3. The summed E-state index contributed by atoms with van der Waals surface area (Å²) in [5, 5.41) is 0. The standard InChI is InChI=1S/C17H22BrNO2/c1-5-14(19)17(15-7-6-12(4)20-15)21-13-8-10(2)16(18)11(3)9-13/h6-9,14,17H,5,19H2,1-4H3. The summed E-state index contributed by atoms with van der Waals surface area (Å²) >= 11 is 3.57. The number of hydrogen-bond acceptors (Lipinski definition) is 3. The molecule has 1 heterocycles.